The molecule has 18 heavy (non-hydrogen) atoms. The van der Waals surface area contributed by atoms with Gasteiger partial charge in [0.15, 0.2) is 0 Å². The van der Waals surface area contributed by atoms with Crippen LogP contribution in [0.4, 0.5) is 26.3 Å². The zero-order valence-electron chi connectivity index (χ0n) is 7.84. The first kappa shape index (κ1) is 15.0. The molecule has 1 aromatic heterocycles. The number of H-pyrrole nitrogens is 1. The molecule has 0 bridgehead atoms. The molecule has 0 spiro atoms. The van der Waals surface area contributed by atoms with Crippen molar-refractivity contribution in [1.29, 1.82) is 0 Å². The topological polar surface area (TPSA) is 75.7 Å². The molecule has 1 N–H and O–H groups in total. The van der Waals surface area contributed by atoms with Gasteiger partial charge in [0, 0.05) is 10.7 Å². The second kappa shape index (κ2) is 4.26. The molecule has 1 rings (SSSR count). The van der Waals surface area contributed by atoms with Gasteiger partial charge in [-0.1, -0.05) is 0 Å². The maximum atomic E-state index is 12.2. The third-order valence-electron chi connectivity index (χ3n) is 1.63. The Kier molecular flexibility index (Phi) is 3.55. The second-order valence-corrected chi connectivity index (χ2v) is 5.42. The van der Waals surface area contributed by atoms with Crippen LogP contribution in [0.2, 0.25) is 0 Å². The summed E-state index contributed by atoms with van der Waals surface area (Å²) in [6, 6.07) is 0. The summed E-state index contributed by atoms with van der Waals surface area (Å²) in [6.45, 7) is 0. The first-order chi connectivity index (χ1) is 7.83. The van der Waals surface area contributed by atoms with E-state index in [0.717, 1.165) is 0 Å². The minimum Gasteiger partial charge on any atom is -0.261 e. The number of alkyl halides is 6. The Balaban J connectivity index is 3.29. The lowest BCUT2D eigenvalue weighted by Gasteiger charge is -2.20. The predicted octanol–water partition coefficient (Wildman–Crippen LogP) is 1.94. The maximum Gasteiger partial charge on any atom is 0.407 e. The number of hydrogen-bond donors (Lipinski definition) is 1. The fraction of sp³-hybridized carbons (Fsp3) is 0.600. The van der Waals surface area contributed by atoms with Crippen molar-refractivity contribution in [3.8, 4) is 0 Å². The number of rotatable bonds is 2. The van der Waals surface area contributed by atoms with E-state index in [4.69, 9.17) is 0 Å². The lowest BCUT2D eigenvalue weighted by Crippen LogP contribution is -2.35. The smallest absolute Gasteiger partial charge is 0.261 e. The summed E-state index contributed by atoms with van der Waals surface area (Å²) in [4.78, 5) is 2.59. The van der Waals surface area contributed by atoms with Gasteiger partial charge < -0.3 is 0 Å². The zero-order valence-corrected chi connectivity index (χ0v) is 9.41. The predicted molar refractivity (Wildman–Crippen MR) is 44.3 cm³/mol. The average Bonchev–Trinajstić information content (AvgIpc) is 2.45. The standard InChI is InChI=1S/C5H2ClF6N3O2S/c6-18(16,17)3-13-2(14-15-3)1(4(7,8)9)5(10,11)12/h1H,(H,13,14,15). The highest BCUT2D eigenvalue weighted by Crippen LogP contribution is 2.45. The Labute approximate surface area is 99.6 Å². The highest BCUT2D eigenvalue weighted by atomic mass is 35.7. The first-order valence-corrected chi connectivity index (χ1v) is 6.15. The van der Waals surface area contributed by atoms with Gasteiger partial charge in [-0.25, -0.2) is 13.4 Å². The fourth-order valence-corrected chi connectivity index (χ4v) is 1.56. The van der Waals surface area contributed by atoms with Gasteiger partial charge in [-0.15, -0.1) is 5.10 Å². The van der Waals surface area contributed by atoms with Crippen LogP contribution in [-0.2, 0) is 9.05 Å². The Morgan fingerprint density at radius 2 is 1.56 bits per heavy atom. The number of aromatic amines is 1. The summed E-state index contributed by atoms with van der Waals surface area (Å²) < 4.78 is 94.6. The van der Waals surface area contributed by atoms with E-state index in [9.17, 15) is 34.8 Å². The summed E-state index contributed by atoms with van der Waals surface area (Å²) in [7, 11) is 0.0474. The van der Waals surface area contributed by atoms with Crippen LogP contribution in [0.3, 0.4) is 0 Å². The van der Waals surface area contributed by atoms with Crippen LogP contribution in [0, 0.1) is 0 Å². The quantitative estimate of drug-likeness (QED) is 0.668. The van der Waals surface area contributed by atoms with Crippen LogP contribution in [-0.4, -0.2) is 36.0 Å². The molecule has 0 amide bonds. The molecular formula is C5H2ClF6N3O2S. The molecule has 1 aromatic rings. The minimum absolute atomic E-state index is 1.26. The summed E-state index contributed by atoms with van der Waals surface area (Å²) in [5.74, 6) is -5.67. The molecule has 0 radical (unpaired) electrons. The van der Waals surface area contributed by atoms with Crippen LogP contribution in [0.1, 0.15) is 11.7 Å². The van der Waals surface area contributed by atoms with E-state index in [1.165, 1.54) is 5.10 Å². The average molecular weight is 318 g/mol. The second-order valence-electron chi connectivity index (χ2n) is 2.96. The largest absolute Gasteiger partial charge is 0.407 e. The van der Waals surface area contributed by atoms with Gasteiger partial charge >= 0.3 is 12.4 Å². The molecule has 0 aliphatic rings. The third-order valence-corrected chi connectivity index (χ3v) is 2.66. The summed E-state index contributed by atoms with van der Waals surface area (Å²) >= 11 is 0. The lowest BCUT2D eigenvalue weighted by atomic mass is 10.1. The van der Waals surface area contributed by atoms with Crippen molar-refractivity contribution in [2.24, 2.45) is 0 Å². The summed E-state index contributed by atoms with van der Waals surface area (Å²) in [5.41, 5.74) is 0. The first-order valence-electron chi connectivity index (χ1n) is 3.84. The van der Waals surface area contributed by atoms with E-state index in [-0.39, 0.29) is 0 Å². The normalized spacial score (nSPS) is 14.2. The van der Waals surface area contributed by atoms with Crippen LogP contribution in [0.25, 0.3) is 0 Å². The molecule has 0 aliphatic heterocycles. The van der Waals surface area contributed by atoms with E-state index >= 15 is 0 Å². The number of halogens is 7. The Morgan fingerprint density at radius 1 is 1.11 bits per heavy atom. The van der Waals surface area contributed by atoms with Gasteiger partial charge in [0.2, 0.25) is 5.92 Å². The van der Waals surface area contributed by atoms with Crippen molar-refractivity contribution in [2.75, 3.05) is 0 Å². The molecular weight excluding hydrogens is 316 g/mol. The molecule has 104 valence electrons. The van der Waals surface area contributed by atoms with E-state index in [1.54, 1.807) is 0 Å². The molecule has 0 unspecified atom stereocenters. The molecule has 0 saturated heterocycles. The molecule has 0 atom stereocenters. The highest BCUT2D eigenvalue weighted by molar-refractivity contribution is 8.13. The number of nitrogens with one attached hydrogen (secondary N) is 1. The SMILES string of the molecule is O=S(=O)(Cl)c1n[nH]c(C(C(F)(F)F)C(F)(F)F)n1. The molecule has 0 aliphatic carbocycles. The van der Waals surface area contributed by atoms with Crippen molar-refractivity contribution in [3.63, 3.8) is 0 Å². The van der Waals surface area contributed by atoms with Crippen LogP contribution >= 0.6 is 10.7 Å². The van der Waals surface area contributed by atoms with Crippen molar-refractivity contribution < 1.29 is 34.8 Å². The van der Waals surface area contributed by atoms with E-state index in [2.05, 4.69) is 20.8 Å². The highest BCUT2D eigenvalue weighted by Gasteiger charge is 2.59. The molecule has 0 aromatic carbocycles. The van der Waals surface area contributed by atoms with Crippen molar-refractivity contribution in [2.45, 2.75) is 23.4 Å². The van der Waals surface area contributed by atoms with Crippen LogP contribution in [0.5, 0.6) is 0 Å². The molecule has 1 heterocycles. The number of nitrogens with zero attached hydrogens (tertiary/aromatic N) is 2. The molecule has 0 fully saturated rings. The van der Waals surface area contributed by atoms with Crippen LogP contribution < -0.4 is 0 Å². The Bertz CT molecular complexity index is 520. The summed E-state index contributed by atoms with van der Waals surface area (Å²) in [6.07, 6.45) is -11.4. The van der Waals surface area contributed by atoms with Crippen molar-refractivity contribution >= 4 is 19.7 Å². The lowest BCUT2D eigenvalue weighted by molar-refractivity contribution is -0.255. The van der Waals surface area contributed by atoms with E-state index in [1.807, 2.05) is 0 Å². The molecule has 13 heteroatoms. The van der Waals surface area contributed by atoms with E-state index < -0.39 is 38.3 Å². The maximum absolute atomic E-state index is 12.2. The zero-order chi connectivity index (χ0) is 14.4. The van der Waals surface area contributed by atoms with Gasteiger partial charge in [-0.3, -0.25) is 5.10 Å². The number of hydrogen-bond acceptors (Lipinski definition) is 4. The fourth-order valence-electron chi connectivity index (χ4n) is 0.992. The van der Waals surface area contributed by atoms with Gasteiger partial charge in [0.25, 0.3) is 14.2 Å². The Hall–Kier alpha value is -1.04. The summed E-state index contributed by atoms with van der Waals surface area (Å²) in [5, 5.41) is 2.58. The van der Waals surface area contributed by atoms with Gasteiger partial charge in [-0.2, -0.15) is 26.3 Å². The van der Waals surface area contributed by atoms with Crippen molar-refractivity contribution in [1.82, 2.24) is 15.2 Å². The van der Waals surface area contributed by atoms with Gasteiger partial charge in [-0.05, 0) is 0 Å². The van der Waals surface area contributed by atoms with Gasteiger partial charge in [0.05, 0.1) is 0 Å². The Morgan fingerprint density at radius 3 is 1.83 bits per heavy atom. The molecule has 5 nitrogen and oxygen atoms in total. The monoisotopic (exact) mass is 317 g/mol. The van der Waals surface area contributed by atoms with Gasteiger partial charge in [0.1, 0.15) is 5.82 Å². The van der Waals surface area contributed by atoms with E-state index in [0.29, 0.717) is 0 Å². The molecule has 0 saturated carbocycles. The van der Waals surface area contributed by atoms with Crippen LogP contribution in [0.15, 0.2) is 5.16 Å². The third kappa shape index (κ3) is 3.25. The van der Waals surface area contributed by atoms with Crippen molar-refractivity contribution in [3.05, 3.63) is 5.82 Å². The minimum atomic E-state index is -5.70. The number of aromatic nitrogens is 3.